The quantitative estimate of drug-likeness (QED) is 0.654. The van der Waals surface area contributed by atoms with E-state index in [0.717, 1.165) is 61.3 Å². The van der Waals surface area contributed by atoms with Crippen molar-refractivity contribution < 1.29 is 4.79 Å². The molecule has 156 valence electrons. The third-order valence-electron chi connectivity index (χ3n) is 6.22. The van der Waals surface area contributed by atoms with E-state index in [0.29, 0.717) is 12.0 Å². The minimum Gasteiger partial charge on any atom is -0.329 e. The van der Waals surface area contributed by atoms with E-state index in [9.17, 15) is 4.79 Å². The SMILES string of the molecule is CC(=O)c1cn(C2CCCC2)c2nc(N(c3ccccc3)N3CCNCC3)ncc12. The van der Waals surface area contributed by atoms with Gasteiger partial charge in [0.2, 0.25) is 5.95 Å². The van der Waals surface area contributed by atoms with E-state index in [4.69, 9.17) is 9.97 Å². The average Bonchev–Trinajstić information content (AvgIpc) is 3.43. The van der Waals surface area contributed by atoms with Crippen molar-refractivity contribution in [1.82, 2.24) is 24.9 Å². The number of benzene rings is 1. The summed E-state index contributed by atoms with van der Waals surface area (Å²) >= 11 is 0. The van der Waals surface area contributed by atoms with Crippen LogP contribution >= 0.6 is 0 Å². The van der Waals surface area contributed by atoms with Crippen molar-refractivity contribution in [3.05, 3.63) is 48.3 Å². The molecule has 3 heterocycles. The van der Waals surface area contributed by atoms with E-state index in [1.807, 2.05) is 30.6 Å². The molecule has 1 aliphatic heterocycles. The van der Waals surface area contributed by atoms with Crippen LogP contribution in [-0.2, 0) is 0 Å². The molecule has 7 nitrogen and oxygen atoms in total. The van der Waals surface area contributed by atoms with Gasteiger partial charge in [0.25, 0.3) is 0 Å². The van der Waals surface area contributed by atoms with Gasteiger partial charge in [-0.15, -0.1) is 0 Å². The topological polar surface area (TPSA) is 66.3 Å². The van der Waals surface area contributed by atoms with Crippen LogP contribution in [-0.4, -0.2) is 51.5 Å². The Bertz CT molecular complexity index is 1030. The van der Waals surface area contributed by atoms with Gasteiger partial charge in [0.15, 0.2) is 5.78 Å². The van der Waals surface area contributed by atoms with Crippen molar-refractivity contribution in [3.63, 3.8) is 0 Å². The van der Waals surface area contributed by atoms with Crippen LogP contribution in [0.1, 0.15) is 49.0 Å². The molecule has 1 aromatic carbocycles. The second kappa shape index (κ2) is 8.16. The summed E-state index contributed by atoms with van der Waals surface area (Å²) in [6, 6.07) is 10.7. The van der Waals surface area contributed by atoms with Crippen molar-refractivity contribution in [1.29, 1.82) is 0 Å². The highest BCUT2D eigenvalue weighted by Crippen LogP contribution is 2.35. The van der Waals surface area contributed by atoms with E-state index in [2.05, 4.69) is 32.0 Å². The van der Waals surface area contributed by atoms with E-state index >= 15 is 0 Å². The van der Waals surface area contributed by atoms with Gasteiger partial charge in [0.05, 0.1) is 5.69 Å². The highest BCUT2D eigenvalue weighted by Gasteiger charge is 2.26. The molecule has 0 amide bonds. The molecule has 7 heteroatoms. The lowest BCUT2D eigenvalue weighted by Gasteiger charge is -2.37. The Labute approximate surface area is 176 Å². The number of aromatic nitrogens is 3. The minimum atomic E-state index is 0.0649. The van der Waals surface area contributed by atoms with Crippen LogP contribution in [0, 0.1) is 0 Å². The number of nitrogens with one attached hydrogen (secondary N) is 1. The van der Waals surface area contributed by atoms with Gasteiger partial charge in [-0.1, -0.05) is 31.0 Å². The van der Waals surface area contributed by atoms with Gasteiger partial charge in [-0.05, 0) is 31.9 Å². The fourth-order valence-electron chi connectivity index (χ4n) is 4.69. The first-order chi connectivity index (χ1) is 14.7. The number of anilines is 2. The Morgan fingerprint density at radius 2 is 1.87 bits per heavy atom. The summed E-state index contributed by atoms with van der Waals surface area (Å²) in [6.45, 7) is 5.26. The molecule has 0 atom stereocenters. The second-order valence-corrected chi connectivity index (χ2v) is 8.20. The van der Waals surface area contributed by atoms with Gasteiger partial charge < -0.3 is 9.88 Å². The van der Waals surface area contributed by atoms with Gasteiger partial charge >= 0.3 is 0 Å². The number of piperazine rings is 1. The highest BCUT2D eigenvalue weighted by atomic mass is 16.1. The zero-order chi connectivity index (χ0) is 20.5. The molecule has 1 saturated heterocycles. The molecule has 0 unspecified atom stereocenters. The molecule has 1 aliphatic carbocycles. The molecular weight excluding hydrogens is 376 g/mol. The summed E-state index contributed by atoms with van der Waals surface area (Å²) < 4.78 is 2.23. The molecule has 2 fully saturated rings. The summed E-state index contributed by atoms with van der Waals surface area (Å²) in [4.78, 5) is 22.0. The van der Waals surface area contributed by atoms with Crippen molar-refractivity contribution in [2.24, 2.45) is 0 Å². The van der Waals surface area contributed by atoms with Crippen LogP contribution in [0.15, 0.2) is 42.7 Å². The largest absolute Gasteiger partial charge is 0.329 e. The first-order valence-corrected chi connectivity index (χ1v) is 10.9. The summed E-state index contributed by atoms with van der Waals surface area (Å²) in [6.07, 6.45) is 8.57. The van der Waals surface area contributed by atoms with Crippen LogP contribution in [0.5, 0.6) is 0 Å². The Kier molecular flexibility index (Phi) is 5.23. The number of rotatable bonds is 5. The number of carbonyl (C=O) groups excluding carboxylic acids is 1. The Balaban J connectivity index is 1.64. The highest BCUT2D eigenvalue weighted by molar-refractivity contribution is 6.06. The molecule has 0 bridgehead atoms. The number of fused-ring (bicyclic) bond motifs is 1. The third kappa shape index (κ3) is 3.48. The van der Waals surface area contributed by atoms with Gasteiger partial charge in [0.1, 0.15) is 5.65 Å². The maximum Gasteiger partial charge on any atom is 0.247 e. The normalized spacial score (nSPS) is 18.2. The second-order valence-electron chi connectivity index (χ2n) is 8.20. The lowest BCUT2D eigenvalue weighted by Crippen LogP contribution is -2.51. The molecule has 2 aromatic heterocycles. The fourth-order valence-corrected chi connectivity index (χ4v) is 4.69. The van der Waals surface area contributed by atoms with Crippen LogP contribution in [0.4, 0.5) is 11.6 Å². The number of hydrazine groups is 1. The molecule has 30 heavy (non-hydrogen) atoms. The summed E-state index contributed by atoms with van der Waals surface area (Å²) in [7, 11) is 0. The monoisotopic (exact) mass is 404 g/mol. The van der Waals surface area contributed by atoms with E-state index in [1.165, 1.54) is 12.8 Å². The lowest BCUT2D eigenvalue weighted by molar-refractivity contribution is 0.101. The molecule has 1 saturated carbocycles. The van der Waals surface area contributed by atoms with Gasteiger partial charge in [-0.3, -0.25) is 4.79 Å². The predicted molar refractivity (Wildman–Crippen MR) is 118 cm³/mol. The van der Waals surface area contributed by atoms with Crippen LogP contribution in [0.25, 0.3) is 11.0 Å². The van der Waals surface area contributed by atoms with E-state index in [1.54, 1.807) is 6.92 Å². The minimum absolute atomic E-state index is 0.0649. The standard InChI is InChI=1S/C23H28N6O/c1-17(30)21-16-28(18-7-5-6-8-18)22-20(21)15-25-23(26-22)29(19-9-3-2-4-10-19)27-13-11-24-12-14-27/h2-4,9-10,15-16,18,24H,5-8,11-14H2,1H3. The smallest absolute Gasteiger partial charge is 0.247 e. The molecule has 5 rings (SSSR count). The van der Waals surface area contributed by atoms with Crippen LogP contribution < -0.4 is 10.3 Å². The maximum atomic E-state index is 12.3. The van der Waals surface area contributed by atoms with Crippen molar-refractivity contribution in [3.8, 4) is 0 Å². The zero-order valence-corrected chi connectivity index (χ0v) is 17.4. The van der Waals surface area contributed by atoms with Crippen LogP contribution in [0.3, 0.4) is 0 Å². The fraction of sp³-hybridized carbons (Fsp3) is 0.435. The molecule has 2 aliphatic rings. The van der Waals surface area contributed by atoms with E-state index in [-0.39, 0.29) is 5.78 Å². The predicted octanol–water partition coefficient (Wildman–Crippen LogP) is 3.71. The molecular formula is C23H28N6O. The Morgan fingerprint density at radius 1 is 1.13 bits per heavy atom. The first kappa shape index (κ1) is 19.2. The van der Waals surface area contributed by atoms with Crippen molar-refractivity contribution >= 4 is 28.5 Å². The van der Waals surface area contributed by atoms with Crippen molar-refractivity contribution in [2.75, 3.05) is 31.2 Å². The zero-order valence-electron chi connectivity index (χ0n) is 17.4. The lowest BCUT2D eigenvalue weighted by atomic mass is 10.2. The average molecular weight is 405 g/mol. The first-order valence-electron chi connectivity index (χ1n) is 10.9. The summed E-state index contributed by atoms with van der Waals surface area (Å²) in [5.74, 6) is 0.721. The number of para-hydroxylation sites is 1. The number of hydrogen-bond donors (Lipinski definition) is 1. The van der Waals surface area contributed by atoms with Gasteiger partial charge in [-0.25, -0.2) is 15.0 Å². The number of hydrogen-bond acceptors (Lipinski definition) is 6. The van der Waals surface area contributed by atoms with Gasteiger partial charge in [-0.2, -0.15) is 4.98 Å². The molecule has 3 aromatic rings. The molecule has 0 spiro atoms. The third-order valence-corrected chi connectivity index (χ3v) is 6.22. The summed E-state index contributed by atoms with van der Waals surface area (Å²) in [5, 5.41) is 8.68. The van der Waals surface area contributed by atoms with E-state index < -0.39 is 0 Å². The van der Waals surface area contributed by atoms with Crippen LogP contribution in [0.2, 0.25) is 0 Å². The number of ketones is 1. The number of nitrogens with zero attached hydrogens (tertiary/aromatic N) is 5. The maximum absolute atomic E-state index is 12.3. The van der Waals surface area contributed by atoms with Crippen molar-refractivity contribution in [2.45, 2.75) is 38.6 Å². The number of carbonyl (C=O) groups is 1. The molecule has 0 radical (unpaired) electrons. The Hall–Kier alpha value is -2.77. The number of Topliss-reactive ketones (excluding diaryl/α,β-unsaturated/α-hetero) is 1. The molecule has 1 N–H and O–H groups in total. The Morgan fingerprint density at radius 3 is 2.57 bits per heavy atom. The van der Waals surface area contributed by atoms with Gasteiger partial charge in [0, 0.05) is 55.6 Å². The summed E-state index contributed by atoms with van der Waals surface area (Å²) in [5.41, 5.74) is 2.63.